The fraction of sp³-hybridized carbons (Fsp3) is 0.833. The zero-order valence-electron chi connectivity index (χ0n) is 11.6. The van der Waals surface area contributed by atoms with Crippen molar-refractivity contribution in [2.45, 2.75) is 39.7 Å². The Kier molecular flexibility index (Phi) is 6.80. The van der Waals surface area contributed by atoms with E-state index in [0.717, 1.165) is 0 Å². The minimum absolute atomic E-state index is 0.0811. The van der Waals surface area contributed by atoms with E-state index in [1.54, 1.807) is 25.8 Å². The summed E-state index contributed by atoms with van der Waals surface area (Å²) in [6.07, 6.45) is 0.354. The topological polar surface area (TPSA) is 61.4 Å². The molecule has 0 saturated heterocycles. The molecule has 0 aromatic rings. The summed E-state index contributed by atoms with van der Waals surface area (Å²) in [7, 11) is 1.74. The fourth-order valence-electron chi connectivity index (χ4n) is 1.35. The first-order valence-corrected chi connectivity index (χ1v) is 6.14. The van der Waals surface area contributed by atoms with Crippen LogP contribution in [0, 0.1) is 0 Å². The van der Waals surface area contributed by atoms with Crippen molar-refractivity contribution in [1.29, 1.82) is 0 Å². The highest BCUT2D eigenvalue weighted by atomic mass is 16.2. The zero-order valence-corrected chi connectivity index (χ0v) is 11.6. The number of amides is 2. The maximum absolute atomic E-state index is 11.7. The number of carbonyl (C=O) groups excluding carboxylic acids is 2. The van der Waals surface area contributed by atoms with E-state index in [9.17, 15) is 9.59 Å². The smallest absolute Gasteiger partial charge is 0.239 e. The lowest BCUT2D eigenvalue weighted by Gasteiger charge is -2.23. The lowest BCUT2D eigenvalue weighted by atomic mass is 10.1. The minimum Gasteiger partial charge on any atom is -0.354 e. The van der Waals surface area contributed by atoms with Crippen molar-refractivity contribution in [3.05, 3.63) is 0 Å². The van der Waals surface area contributed by atoms with Gasteiger partial charge in [0, 0.05) is 26.1 Å². The Morgan fingerprint density at radius 3 is 2.12 bits per heavy atom. The van der Waals surface area contributed by atoms with E-state index in [2.05, 4.69) is 10.6 Å². The molecule has 0 aliphatic heterocycles. The van der Waals surface area contributed by atoms with E-state index in [4.69, 9.17) is 0 Å². The molecule has 0 aromatic carbocycles. The first-order valence-electron chi connectivity index (χ1n) is 6.14. The quantitative estimate of drug-likeness (QED) is 0.678. The predicted molar refractivity (Wildman–Crippen MR) is 68.7 cm³/mol. The van der Waals surface area contributed by atoms with E-state index in [0.29, 0.717) is 26.1 Å². The van der Waals surface area contributed by atoms with E-state index in [-0.39, 0.29) is 11.8 Å². The van der Waals surface area contributed by atoms with Gasteiger partial charge >= 0.3 is 0 Å². The van der Waals surface area contributed by atoms with Crippen LogP contribution in [0.3, 0.4) is 0 Å². The second-order valence-electron chi connectivity index (χ2n) is 4.45. The second-order valence-corrected chi connectivity index (χ2v) is 4.45. The van der Waals surface area contributed by atoms with Gasteiger partial charge in [-0.05, 0) is 34.7 Å². The molecule has 0 aliphatic rings. The molecule has 0 aromatic heterocycles. The summed E-state index contributed by atoms with van der Waals surface area (Å²) in [5.41, 5.74) is -0.599. The van der Waals surface area contributed by atoms with Crippen molar-refractivity contribution in [2.75, 3.05) is 26.7 Å². The van der Waals surface area contributed by atoms with Crippen LogP contribution in [0.15, 0.2) is 0 Å². The van der Waals surface area contributed by atoms with Crippen molar-refractivity contribution in [2.24, 2.45) is 0 Å². The van der Waals surface area contributed by atoms with Crippen molar-refractivity contribution in [1.82, 2.24) is 15.5 Å². The Balaban J connectivity index is 4.00. The molecule has 0 rings (SSSR count). The normalized spacial score (nSPS) is 11.1. The number of hydrogen-bond acceptors (Lipinski definition) is 3. The van der Waals surface area contributed by atoms with Gasteiger partial charge in [-0.1, -0.05) is 0 Å². The average Bonchev–Trinajstić information content (AvgIpc) is 2.30. The van der Waals surface area contributed by atoms with Gasteiger partial charge in [0.25, 0.3) is 0 Å². The highest BCUT2D eigenvalue weighted by Gasteiger charge is 2.24. The van der Waals surface area contributed by atoms with Gasteiger partial charge in [-0.2, -0.15) is 0 Å². The Labute approximate surface area is 104 Å². The van der Waals surface area contributed by atoms with Gasteiger partial charge in [0.1, 0.15) is 0 Å². The van der Waals surface area contributed by atoms with Gasteiger partial charge in [-0.3, -0.25) is 9.59 Å². The van der Waals surface area contributed by atoms with E-state index in [1.807, 2.05) is 13.8 Å². The van der Waals surface area contributed by atoms with Gasteiger partial charge in [0.05, 0.1) is 5.54 Å². The van der Waals surface area contributed by atoms with Gasteiger partial charge in [0.2, 0.25) is 11.8 Å². The van der Waals surface area contributed by atoms with Crippen LogP contribution in [0.4, 0.5) is 0 Å². The highest BCUT2D eigenvalue weighted by molar-refractivity contribution is 5.86. The van der Waals surface area contributed by atoms with E-state index >= 15 is 0 Å². The largest absolute Gasteiger partial charge is 0.354 e. The molecule has 100 valence electrons. The van der Waals surface area contributed by atoms with Crippen molar-refractivity contribution in [3.63, 3.8) is 0 Å². The highest BCUT2D eigenvalue weighted by Crippen LogP contribution is 2.00. The second kappa shape index (κ2) is 7.27. The molecule has 0 spiro atoms. The lowest BCUT2D eigenvalue weighted by molar-refractivity contribution is -0.131. The van der Waals surface area contributed by atoms with Crippen molar-refractivity contribution in [3.8, 4) is 0 Å². The van der Waals surface area contributed by atoms with Gasteiger partial charge < -0.3 is 15.5 Å². The first-order chi connectivity index (χ1) is 7.88. The van der Waals surface area contributed by atoms with Crippen molar-refractivity contribution < 1.29 is 9.59 Å². The Hall–Kier alpha value is -1.10. The Bertz CT molecular complexity index is 260. The molecule has 5 heteroatoms. The molecular weight excluding hydrogens is 218 g/mol. The molecule has 0 heterocycles. The number of nitrogens with one attached hydrogen (secondary N) is 2. The third-order valence-corrected chi connectivity index (χ3v) is 2.93. The monoisotopic (exact) mass is 243 g/mol. The molecule has 0 fully saturated rings. The summed E-state index contributed by atoms with van der Waals surface area (Å²) in [6, 6.07) is 0. The van der Waals surface area contributed by atoms with Crippen LogP contribution in [0.1, 0.15) is 34.1 Å². The standard InChI is InChI=1S/C12H25N3O2/c1-6-15(7-2)10(16)8-9-14-11(17)12(3,4)13-5/h13H,6-9H2,1-5H3,(H,14,17). The van der Waals surface area contributed by atoms with Gasteiger partial charge in [0.15, 0.2) is 0 Å². The molecule has 0 unspecified atom stereocenters. The summed E-state index contributed by atoms with van der Waals surface area (Å²) in [4.78, 5) is 25.1. The third kappa shape index (κ3) is 5.17. The van der Waals surface area contributed by atoms with Crippen LogP contribution in [-0.2, 0) is 9.59 Å². The molecule has 0 aliphatic carbocycles. The maximum Gasteiger partial charge on any atom is 0.239 e. The van der Waals surface area contributed by atoms with Crippen LogP contribution in [0.2, 0.25) is 0 Å². The SMILES string of the molecule is CCN(CC)C(=O)CCNC(=O)C(C)(C)NC. The summed E-state index contributed by atoms with van der Waals surface area (Å²) in [6.45, 7) is 9.31. The number of rotatable bonds is 7. The first kappa shape index (κ1) is 15.9. The van der Waals surface area contributed by atoms with Crippen LogP contribution in [-0.4, -0.2) is 48.9 Å². The minimum atomic E-state index is -0.599. The number of nitrogens with zero attached hydrogens (tertiary/aromatic N) is 1. The van der Waals surface area contributed by atoms with Crippen LogP contribution in [0.5, 0.6) is 0 Å². The molecule has 0 radical (unpaired) electrons. The molecule has 0 atom stereocenters. The Morgan fingerprint density at radius 2 is 1.71 bits per heavy atom. The van der Waals surface area contributed by atoms with Crippen LogP contribution in [0.25, 0.3) is 0 Å². The number of hydrogen-bond donors (Lipinski definition) is 2. The van der Waals surface area contributed by atoms with E-state index in [1.165, 1.54) is 0 Å². The predicted octanol–water partition coefficient (Wildman–Crippen LogP) is 0.359. The van der Waals surface area contributed by atoms with Gasteiger partial charge in [-0.25, -0.2) is 0 Å². The molecule has 17 heavy (non-hydrogen) atoms. The number of likely N-dealkylation sites (N-methyl/N-ethyl adjacent to an activating group) is 1. The zero-order chi connectivity index (χ0) is 13.5. The molecular formula is C12H25N3O2. The average molecular weight is 243 g/mol. The lowest BCUT2D eigenvalue weighted by Crippen LogP contribution is -2.51. The summed E-state index contributed by atoms with van der Waals surface area (Å²) >= 11 is 0. The summed E-state index contributed by atoms with van der Waals surface area (Å²) in [5, 5.41) is 5.68. The molecule has 2 amide bonds. The molecule has 5 nitrogen and oxygen atoms in total. The maximum atomic E-state index is 11.7. The van der Waals surface area contributed by atoms with Crippen molar-refractivity contribution >= 4 is 11.8 Å². The molecule has 0 bridgehead atoms. The molecule has 0 saturated carbocycles. The number of carbonyl (C=O) groups is 2. The summed E-state index contributed by atoms with van der Waals surface area (Å²) < 4.78 is 0. The van der Waals surface area contributed by atoms with Crippen LogP contribution < -0.4 is 10.6 Å². The summed E-state index contributed by atoms with van der Waals surface area (Å²) in [5.74, 6) is -0.00934. The van der Waals surface area contributed by atoms with Crippen LogP contribution >= 0.6 is 0 Å². The Morgan fingerprint density at radius 1 is 1.18 bits per heavy atom. The molecule has 2 N–H and O–H groups in total. The fourth-order valence-corrected chi connectivity index (χ4v) is 1.35. The van der Waals surface area contributed by atoms with Gasteiger partial charge in [-0.15, -0.1) is 0 Å². The third-order valence-electron chi connectivity index (χ3n) is 2.93. The van der Waals surface area contributed by atoms with E-state index < -0.39 is 5.54 Å².